The molecule has 1 aliphatic carbocycles. The first-order valence-electron chi connectivity index (χ1n) is 6.95. The van der Waals surface area contributed by atoms with Gasteiger partial charge in [0.05, 0.1) is 4.92 Å². The number of nitro benzene ring substituents is 1. The van der Waals surface area contributed by atoms with Crippen LogP contribution >= 0.6 is 11.6 Å². The van der Waals surface area contributed by atoms with E-state index in [2.05, 4.69) is 4.90 Å². The van der Waals surface area contributed by atoms with E-state index in [0.29, 0.717) is 29.4 Å². The van der Waals surface area contributed by atoms with Crippen molar-refractivity contribution in [1.82, 2.24) is 4.90 Å². The Morgan fingerprint density at radius 2 is 2.20 bits per heavy atom. The lowest BCUT2D eigenvalue weighted by Gasteiger charge is -2.18. The number of fused-ring (bicyclic) bond motifs is 1. The van der Waals surface area contributed by atoms with Crippen LogP contribution in [0.3, 0.4) is 0 Å². The third-order valence-electron chi connectivity index (χ3n) is 4.63. The summed E-state index contributed by atoms with van der Waals surface area (Å²) in [6, 6.07) is 5.20. The monoisotopic (exact) mass is 295 g/mol. The summed E-state index contributed by atoms with van der Waals surface area (Å²) >= 11 is 5.84. The van der Waals surface area contributed by atoms with E-state index < -0.39 is 0 Å². The van der Waals surface area contributed by atoms with Crippen LogP contribution in [0.15, 0.2) is 18.2 Å². The van der Waals surface area contributed by atoms with Gasteiger partial charge in [-0.3, -0.25) is 15.0 Å². The maximum absolute atomic E-state index is 11.1. The lowest BCUT2D eigenvalue weighted by Crippen LogP contribution is -2.30. The van der Waals surface area contributed by atoms with Gasteiger partial charge in [0.1, 0.15) is 0 Å². The van der Waals surface area contributed by atoms with Crippen molar-refractivity contribution < 1.29 is 4.92 Å². The lowest BCUT2D eigenvalue weighted by atomic mass is 9.98. The molecule has 2 N–H and O–H groups in total. The standard InChI is InChI=1S/C14H18ClN3O2/c15-11-3-1-10(14(5-11)18(19)20)7-17-6-9-2-4-13(16)12(9)8-17/h1,3,5,9,12-13H,2,4,6-8,16H2. The molecule has 108 valence electrons. The Labute approximate surface area is 122 Å². The van der Waals surface area contributed by atoms with Crippen molar-refractivity contribution in [2.24, 2.45) is 17.6 Å². The predicted octanol–water partition coefficient (Wildman–Crippen LogP) is 2.42. The molecule has 0 amide bonds. The van der Waals surface area contributed by atoms with Crippen LogP contribution in [0.1, 0.15) is 18.4 Å². The molecule has 1 saturated heterocycles. The van der Waals surface area contributed by atoms with Crippen molar-refractivity contribution in [3.8, 4) is 0 Å². The summed E-state index contributed by atoms with van der Waals surface area (Å²) in [4.78, 5) is 13.0. The molecule has 0 bridgehead atoms. The van der Waals surface area contributed by atoms with E-state index >= 15 is 0 Å². The van der Waals surface area contributed by atoms with Gasteiger partial charge in [0.15, 0.2) is 0 Å². The Balaban J connectivity index is 1.74. The molecule has 3 rings (SSSR count). The lowest BCUT2D eigenvalue weighted by molar-refractivity contribution is -0.385. The molecule has 1 aromatic carbocycles. The Morgan fingerprint density at radius 3 is 2.90 bits per heavy atom. The van der Waals surface area contributed by atoms with Gasteiger partial charge in [-0.05, 0) is 36.8 Å². The highest BCUT2D eigenvalue weighted by Crippen LogP contribution is 2.38. The van der Waals surface area contributed by atoms with Crippen LogP contribution in [0.4, 0.5) is 5.69 Å². The number of nitro groups is 1. The Morgan fingerprint density at radius 1 is 1.40 bits per heavy atom. The zero-order chi connectivity index (χ0) is 14.3. The average Bonchev–Trinajstić information content (AvgIpc) is 2.94. The molecule has 5 nitrogen and oxygen atoms in total. The highest BCUT2D eigenvalue weighted by molar-refractivity contribution is 6.30. The second-order valence-corrected chi connectivity index (χ2v) is 6.33. The minimum atomic E-state index is -0.357. The summed E-state index contributed by atoms with van der Waals surface area (Å²) in [7, 11) is 0. The molecule has 3 unspecified atom stereocenters. The fraction of sp³-hybridized carbons (Fsp3) is 0.571. The molecule has 1 aliphatic heterocycles. The molecule has 0 spiro atoms. The largest absolute Gasteiger partial charge is 0.327 e. The Bertz CT molecular complexity index is 537. The van der Waals surface area contributed by atoms with Gasteiger partial charge in [0.25, 0.3) is 5.69 Å². The third kappa shape index (κ3) is 2.53. The predicted molar refractivity (Wildman–Crippen MR) is 77.6 cm³/mol. The minimum absolute atomic E-state index is 0.110. The first-order valence-corrected chi connectivity index (χ1v) is 7.33. The summed E-state index contributed by atoms with van der Waals surface area (Å²) in [5.74, 6) is 1.22. The summed E-state index contributed by atoms with van der Waals surface area (Å²) in [5.41, 5.74) is 6.96. The van der Waals surface area contributed by atoms with E-state index in [-0.39, 0.29) is 10.6 Å². The van der Waals surface area contributed by atoms with Gasteiger partial charge in [-0.1, -0.05) is 11.6 Å². The molecule has 6 heteroatoms. The number of nitrogens with two attached hydrogens (primary N) is 1. The van der Waals surface area contributed by atoms with Gasteiger partial charge in [0, 0.05) is 42.3 Å². The number of halogens is 1. The van der Waals surface area contributed by atoms with Crippen molar-refractivity contribution >= 4 is 17.3 Å². The molecule has 0 radical (unpaired) electrons. The van der Waals surface area contributed by atoms with Crippen LogP contribution in [0.2, 0.25) is 5.02 Å². The zero-order valence-corrected chi connectivity index (χ0v) is 11.9. The molecule has 2 fully saturated rings. The average molecular weight is 296 g/mol. The first-order chi connectivity index (χ1) is 9.54. The number of likely N-dealkylation sites (tertiary alicyclic amines) is 1. The first kappa shape index (κ1) is 13.8. The van der Waals surface area contributed by atoms with E-state index in [1.54, 1.807) is 12.1 Å². The number of rotatable bonds is 3. The number of hydrogen-bond donors (Lipinski definition) is 1. The molecule has 20 heavy (non-hydrogen) atoms. The molecule has 1 aromatic rings. The maximum atomic E-state index is 11.1. The topological polar surface area (TPSA) is 72.4 Å². The van der Waals surface area contributed by atoms with E-state index in [9.17, 15) is 10.1 Å². The molecule has 2 aliphatic rings. The van der Waals surface area contributed by atoms with Gasteiger partial charge in [0.2, 0.25) is 0 Å². The molecular formula is C14H18ClN3O2. The molecule has 0 aromatic heterocycles. The van der Waals surface area contributed by atoms with E-state index in [1.807, 2.05) is 0 Å². The summed E-state index contributed by atoms with van der Waals surface area (Å²) in [6.45, 7) is 2.55. The normalized spacial score (nSPS) is 29.6. The van der Waals surface area contributed by atoms with Crippen molar-refractivity contribution in [3.63, 3.8) is 0 Å². The van der Waals surface area contributed by atoms with E-state index in [1.165, 1.54) is 12.5 Å². The molecule has 1 saturated carbocycles. The van der Waals surface area contributed by atoms with Crippen LogP contribution in [-0.2, 0) is 6.54 Å². The van der Waals surface area contributed by atoms with Crippen molar-refractivity contribution in [2.45, 2.75) is 25.4 Å². The quantitative estimate of drug-likeness (QED) is 0.686. The number of hydrogen-bond acceptors (Lipinski definition) is 4. The molecular weight excluding hydrogens is 278 g/mol. The fourth-order valence-electron chi connectivity index (χ4n) is 3.61. The second kappa shape index (κ2) is 5.31. The second-order valence-electron chi connectivity index (χ2n) is 5.89. The van der Waals surface area contributed by atoms with Crippen LogP contribution in [-0.4, -0.2) is 29.0 Å². The smallest absolute Gasteiger partial charge is 0.275 e. The number of nitrogens with zero attached hydrogens (tertiary/aromatic N) is 2. The molecule has 1 heterocycles. The Hall–Kier alpha value is -1.17. The summed E-state index contributed by atoms with van der Waals surface area (Å²) in [6.07, 6.45) is 2.30. The van der Waals surface area contributed by atoms with E-state index in [0.717, 1.165) is 25.1 Å². The van der Waals surface area contributed by atoms with Gasteiger partial charge in [-0.15, -0.1) is 0 Å². The Kier molecular flexibility index (Phi) is 3.67. The van der Waals surface area contributed by atoms with Gasteiger partial charge in [-0.2, -0.15) is 0 Å². The minimum Gasteiger partial charge on any atom is -0.327 e. The summed E-state index contributed by atoms with van der Waals surface area (Å²) in [5, 5.41) is 11.5. The van der Waals surface area contributed by atoms with Crippen molar-refractivity contribution in [3.05, 3.63) is 38.9 Å². The maximum Gasteiger partial charge on any atom is 0.275 e. The SMILES string of the molecule is NC1CCC2CN(Cc3ccc(Cl)cc3[N+](=O)[O-])CC12. The van der Waals surface area contributed by atoms with Gasteiger partial charge in [-0.25, -0.2) is 0 Å². The highest BCUT2D eigenvalue weighted by atomic mass is 35.5. The van der Waals surface area contributed by atoms with Crippen LogP contribution in [0, 0.1) is 22.0 Å². The van der Waals surface area contributed by atoms with E-state index in [4.69, 9.17) is 17.3 Å². The number of benzene rings is 1. The van der Waals surface area contributed by atoms with Crippen LogP contribution in [0.5, 0.6) is 0 Å². The zero-order valence-electron chi connectivity index (χ0n) is 11.2. The van der Waals surface area contributed by atoms with Crippen LogP contribution in [0.25, 0.3) is 0 Å². The highest BCUT2D eigenvalue weighted by Gasteiger charge is 2.41. The third-order valence-corrected chi connectivity index (χ3v) is 4.86. The van der Waals surface area contributed by atoms with Gasteiger partial charge >= 0.3 is 0 Å². The summed E-state index contributed by atoms with van der Waals surface area (Å²) < 4.78 is 0. The van der Waals surface area contributed by atoms with Crippen molar-refractivity contribution in [1.29, 1.82) is 0 Å². The molecule has 3 atom stereocenters. The van der Waals surface area contributed by atoms with Crippen LogP contribution < -0.4 is 5.73 Å². The fourth-order valence-corrected chi connectivity index (χ4v) is 3.78. The van der Waals surface area contributed by atoms with Crippen molar-refractivity contribution in [2.75, 3.05) is 13.1 Å². The van der Waals surface area contributed by atoms with Gasteiger partial charge < -0.3 is 5.73 Å².